The predicted octanol–water partition coefficient (Wildman–Crippen LogP) is 2.48. The molecule has 146 valence electrons. The summed E-state index contributed by atoms with van der Waals surface area (Å²) in [5.41, 5.74) is -0.349. The Hall–Kier alpha value is -2.61. The summed E-state index contributed by atoms with van der Waals surface area (Å²) in [6, 6.07) is 1.66. The summed E-state index contributed by atoms with van der Waals surface area (Å²) in [4.78, 5) is 22.9. The van der Waals surface area contributed by atoms with E-state index in [0.29, 0.717) is 25.4 Å². The molecule has 0 bridgehead atoms. The minimum absolute atomic E-state index is 0.0377. The molecule has 1 aromatic rings. The third-order valence-corrected chi connectivity index (χ3v) is 4.12. The van der Waals surface area contributed by atoms with Crippen molar-refractivity contribution in [2.75, 3.05) is 26.8 Å². The number of carbonyl (C=O) groups is 2. The van der Waals surface area contributed by atoms with Crippen molar-refractivity contribution < 1.29 is 27.8 Å². The fourth-order valence-corrected chi connectivity index (χ4v) is 2.68. The van der Waals surface area contributed by atoms with Crippen molar-refractivity contribution in [2.24, 2.45) is 0 Å². The molecular formula is C18H19ClF2N2O4. The van der Waals surface area contributed by atoms with E-state index >= 15 is 0 Å². The van der Waals surface area contributed by atoms with Crippen LogP contribution in [0.25, 0.3) is 5.57 Å². The lowest BCUT2D eigenvalue weighted by Crippen LogP contribution is -2.26. The van der Waals surface area contributed by atoms with E-state index in [9.17, 15) is 18.4 Å². The third-order valence-electron chi connectivity index (χ3n) is 3.79. The number of benzene rings is 1. The fraction of sp³-hybridized carbons (Fsp3) is 0.333. The highest BCUT2D eigenvalue weighted by Gasteiger charge is 2.23. The van der Waals surface area contributed by atoms with E-state index in [1.165, 1.54) is 7.11 Å². The van der Waals surface area contributed by atoms with Crippen molar-refractivity contribution in [2.45, 2.75) is 12.8 Å². The molecule has 0 saturated heterocycles. The molecule has 0 unspecified atom stereocenters. The number of rotatable bonds is 6. The molecule has 2 N–H and O–H groups in total. The minimum atomic E-state index is -0.967. The normalized spacial score (nSPS) is 18.5. The van der Waals surface area contributed by atoms with Gasteiger partial charge < -0.3 is 20.1 Å². The molecule has 0 fully saturated rings. The molecule has 0 spiro atoms. The van der Waals surface area contributed by atoms with Gasteiger partial charge in [-0.1, -0.05) is 11.6 Å². The molecule has 0 radical (unpaired) electrons. The van der Waals surface area contributed by atoms with Gasteiger partial charge in [0.1, 0.15) is 29.6 Å². The molecule has 2 rings (SSSR count). The molecule has 27 heavy (non-hydrogen) atoms. The van der Waals surface area contributed by atoms with Gasteiger partial charge in [-0.3, -0.25) is 9.59 Å². The molecule has 1 aliphatic rings. The first-order valence-corrected chi connectivity index (χ1v) is 8.58. The van der Waals surface area contributed by atoms with Crippen LogP contribution in [0.15, 0.2) is 29.1 Å². The number of methoxy groups -OCH3 is 1. The lowest BCUT2D eigenvalue weighted by Gasteiger charge is -2.14. The van der Waals surface area contributed by atoms with Crippen LogP contribution in [0.2, 0.25) is 0 Å². The van der Waals surface area contributed by atoms with E-state index in [-0.39, 0.29) is 34.4 Å². The lowest BCUT2D eigenvalue weighted by atomic mass is 10.0. The molecule has 1 heterocycles. The summed E-state index contributed by atoms with van der Waals surface area (Å²) < 4.78 is 38.7. The maximum atomic E-state index is 14.4. The van der Waals surface area contributed by atoms with Gasteiger partial charge in [0.25, 0.3) is 5.91 Å². The Kier molecular flexibility index (Phi) is 7.60. The Morgan fingerprint density at radius 1 is 1.22 bits per heavy atom. The monoisotopic (exact) mass is 400 g/mol. The highest BCUT2D eigenvalue weighted by molar-refractivity contribution is 6.39. The molecule has 0 aromatic heterocycles. The topological polar surface area (TPSA) is 76.7 Å². The molecule has 6 nitrogen and oxygen atoms in total. The highest BCUT2D eigenvalue weighted by atomic mass is 35.5. The molecule has 1 amide bonds. The van der Waals surface area contributed by atoms with Crippen LogP contribution in [0.1, 0.15) is 18.4 Å². The van der Waals surface area contributed by atoms with Crippen molar-refractivity contribution in [1.82, 2.24) is 10.6 Å². The van der Waals surface area contributed by atoms with Gasteiger partial charge in [0.15, 0.2) is 11.6 Å². The Labute approximate surface area is 160 Å². The standard InChI is InChI=1S/C18H19ClF2N2O4/c1-26-11(4-7-24)10-27-15-8-12(13(20)9-14(15)21)16-17(19)22-5-2-3-6-23-18(16)25/h4,7-9,22H,2-3,5-6,10H2,1H3,(H,23,25)/b11-4+,17-16-. The van der Waals surface area contributed by atoms with Crippen LogP contribution < -0.4 is 15.4 Å². The second-order valence-corrected chi connectivity index (χ2v) is 5.98. The van der Waals surface area contributed by atoms with E-state index < -0.39 is 17.5 Å². The zero-order chi connectivity index (χ0) is 19.8. The SMILES string of the molecule is CO/C(=C/C=O)COc1cc(/C2=C(\Cl)NCCCCNC2=O)c(F)cc1F. The van der Waals surface area contributed by atoms with Crippen molar-refractivity contribution in [3.63, 3.8) is 0 Å². The van der Waals surface area contributed by atoms with Crippen LogP contribution in [-0.4, -0.2) is 39.0 Å². The van der Waals surface area contributed by atoms with Gasteiger partial charge in [-0.2, -0.15) is 0 Å². The molecule has 1 aromatic carbocycles. The maximum absolute atomic E-state index is 14.4. The first-order valence-electron chi connectivity index (χ1n) is 8.20. The van der Waals surface area contributed by atoms with Gasteiger partial charge in [-0.25, -0.2) is 8.78 Å². The van der Waals surface area contributed by atoms with Crippen molar-refractivity contribution >= 4 is 29.4 Å². The fourth-order valence-electron chi connectivity index (χ4n) is 2.40. The van der Waals surface area contributed by atoms with Gasteiger partial charge in [0, 0.05) is 30.8 Å². The number of halogens is 3. The van der Waals surface area contributed by atoms with Gasteiger partial charge in [-0.15, -0.1) is 0 Å². The minimum Gasteiger partial charge on any atom is -0.497 e. The molecule has 0 saturated carbocycles. The number of hydrogen-bond donors (Lipinski definition) is 2. The average Bonchev–Trinajstić information content (AvgIpc) is 2.71. The van der Waals surface area contributed by atoms with E-state index in [2.05, 4.69) is 10.6 Å². The summed E-state index contributed by atoms with van der Waals surface area (Å²) in [6.45, 7) is 0.666. The summed E-state index contributed by atoms with van der Waals surface area (Å²) in [7, 11) is 1.32. The quantitative estimate of drug-likeness (QED) is 0.332. The van der Waals surface area contributed by atoms with Gasteiger partial charge >= 0.3 is 0 Å². The van der Waals surface area contributed by atoms with Crippen molar-refractivity contribution in [1.29, 1.82) is 0 Å². The first-order chi connectivity index (χ1) is 13.0. The molecule has 1 aliphatic heterocycles. The lowest BCUT2D eigenvalue weighted by molar-refractivity contribution is -0.115. The predicted molar refractivity (Wildman–Crippen MR) is 96.0 cm³/mol. The Morgan fingerprint density at radius 3 is 2.59 bits per heavy atom. The molecular weight excluding hydrogens is 382 g/mol. The maximum Gasteiger partial charge on any atom is 0.255 e. The van der Waals surface area contributed by atoms with Crippen LogP contribution in [0, 0.1) is 11.6 Å². The van der Waals surface area contributed by atoms with Crippen LogP contribution in [-0.2, 0) is 14.3 Å². The highest BCUT2D eigenvalue weighted by Crippen LogP contribution is 2.30. The smallest absolute Gasteiger partial charge is 0.255 e. The van der Waals surface area contributed by atoms with Crippen LogP contribution in [0.4, 0.5) is 8.78 Å². The van der Waals surface area contributed by atoms with Crippen molar-refractivity contribution in [3.8, 4) is 5.75 Å². The second-order valence-electron chi connectivity index (χ2n) is 5.60. The molecule has 0 atom stereocenters. The number of aldehydes is 1. The van der Waals surface area contributed by atoms with Crippen LogP contribution >= 0.6 is 11.6 Å². The van der Waals surface area contributed by atoms with Gasteiger partial charge in [0.05, 0.1) is 12.7 Å². The summed E-state index contributed by atoms with van der Waals surface area (Å²) >= 11 is 6.16. The van der Waals surface area contributed by atoms with E-state index in [1.807, 2.05) is 0 Å². The Balaban J connectivity index is 2.40. The molecule has 0 aliphatic carbocycles. The zero-order valence-corrected chi connectivity index (χ0v) is 15.4. The van der Waals surface area contributed by atoms with Gasteiger partial charge in [-0.05, 0) is 18.9 Å². The largest absolute Gasteiger partial charge is 0.497 e. The number of ether oxygens (including phenoxy) is 2. The van der Waals surface area contributed by atoms with E-state index in [4.69, 9.17) is 21.1 Å². The summed E-state index contributed by atoms with van der Waals surface area (Å²) in [5.74, 6) is -2.67. The van der Waals surface area contributed by atoms with E-state index in [0.717, 1.165) is 25.0 Å². The number of amides is 1. The number of hydrogen-bond acceptors (Lipinski definition) is 5. The van der Waals surface area contributed by atoms with Gasteiger partial charge in [0.2, 0.25) is 0 Å². The summed E-state index contributed by atoms with van der Waals surface area (Å²) in [5, 5.41) is 5.47. The van der Waals surface area contributed by atoms with E-state index in [1.54, 1.807) is 0 Å². The van der Waals surface area contributed by atoms with Crippen LogP contribution in [0.3, 0.4) is 0 Å². The first kappa shape index (κ1) is 20.7. The van der Waals surface area contributed by atoms with Crippen molar-refractivity contribution in [3.05, 3.63) is 46.3 Å². The number of allylic oxidation sites excluding steroid dienone is 1. The zero-order valence-electron chi connectivity index (χ0n) is 14.6. The summed E-state index contributed by atoms with van der Waals surface area (Å²) in [6.07, 6.45) is 3.11. The Morgan fingerprint density at radius 2 is 1.93 bits per heavy atom. The Bertz CT molecular complexity index is 781. The second kappa shape index (κ2) is 9.91. The number of carbonyl (C=O) groups excluding carboxylic acids is 2. The number of nitrogens with one attached hydrogen (secondary N) is 2. The molecule has 9 heteroatoms. The average molecular weight is 401 g/mol. The third kappa shape index (κ3) is 5.43. The van der Waals surface area contributed by atoms with Crippen LogP contribution in [0.5, 0.6) is 5.75 Å².